The molecule has 1 aromatic rings. The van der Waals surface area contributed by atoms with E-state index in [1.165, 1.54) is 11.1 Å². The molecule has 25 heavy (non-hydrogen) atoms. The van der Waals surface area contributed by atoms with Crippen LogP contribution in [-0.4, -0.2) is 66.2 Å². The second-order valence-electron chi connectivity index (χ2n) is 7.06. The van der Waals surface area contributed by atoms with Crippen molar-refractivity contribution in [2.75, 3.05) is 39.4 Å². The van der Waals surface area contributed by atoms with Gasteiger partial charge in [-0.2, -0.15) is 0 Å². The first kappa shape index (κ1) is 17.9. The minimum Gasteiger partial charge on any atom is -0.481 e. The fourth-order valence-electron chi connectivity index (χ4n) is 3.58. The average Bonchev–Trinajstić information content (AvgIpc) is 2.98. The first-order valence-electron chi connectivity index (χ1n) is 8.85. The first-order valence-corrected chi connectivity index (χ1v) is 8.85. The molecule has 6 nitrogen and oxygen atoms in total. The van der Waals surface area contributed by atoms with Crippen LogP contribution in [0, 0.1) is 19.8 Å². The summed E-state index contributed by atoms with van der Waals surface area (Å²) in [6.45, 7) is 8.21. The van der Waals surface area contributed by atoms with Crippen molar-refractivity contribution in [2.45, 2.75) is 26.3 Å². The van der Waals surface area contributed by atoms with Crippen LogP contribution in [0.1, 0.15) is 29.2 Å². The Morgan fingerprint density at radius 1 is 1.28 bits per heavy atom. The number of likely N-dealkylation sites (tertiary alicyclic amines) is 1. The lowest BCUT2D eigenvalue weighted by atomic mass is 9.99. The van der Waals surface area contributed by atoms with Crippen molar-refractivity contribution in [3.63, 3.8) is 0 Å². The molecule has 2 unspecified atom stereocenters. The van der Waals surface area contributed by atoms with Gasteiger partial charge in [0.25, 0.3) is 0 Å². The van der Waals surface area contributed by atoms with Crippen LogP contribution in [0.4, 0.5) is 0 Å². The number of carboxylic acid groups (broad SMARTS) is 1. The lowest BCUT2D eigenvalue weighted by molar-refractivity contribution is -0.141. The summed E-state index contributed by atoms with van der Waals surface area (Å²) in [6, 6.07) is 6.15. The van der Waals surface area contributed by atoms with E-state index >= 15 is 0 Å². The fourth-order valence-corrected chi connectivity index (χ4v) is 3.58. The molecule has 6 heteroatoms. The van der Waals surface area contributed by atoms with E-state index in [2.05, 4.69) is 36.9 Å². The number of hydrogen-bond donors (Lipinski definition) is 1. The van der Waals surface area contributed by atoms with E-state index in [9.17, 15) is 14.7 Å². The average molecular weight is 346 g/mol. The van der Waals surface area contributed by atoms with Gasteiger partial charge < -0.3 is 14.7 Å². The first-order chi connectivity index (χ1) is 12.0. The van der Waals surface area contributed by atoms with Crippen LogP contribution in [0.25, 0.3) is 0 Å². The molecule has 2 aliphatic rings. The molecule has 0 spiro atoms. The van der Waals surface area contributed by atoms with Crippen LogP contribution >= 0.6 is 0 Å². The van der Waals surface area contributed by atoms with Gasteiger partial charge in [0.1, 0.15) is 0 Å². The van der Waals surface area contributed by atoms with Crippen molar-refractivity contribution < 1.29 is 19.4 Å². The van der Waals surface area contributed by atoms with Gasteiger partial charge in [0, 0.05) is 32.6 Å². The fraction of sp³-hybridized carbons (Fsp3) is 0.579. The van der Waals surface area contributed by atoms with Gasteiger partial charge in [0.05, 0.1) is 25.2 Å². The predicted octanol–water partition coefficient (Wildman–Crippen LogP) is 1.61. The second-order valence-corrected chi connectivity index (χ2v) is 7.06. The Balaban J connectivity index is 1.86. The molecular formula is C19H26N2O4. The van der Waals surface area contributed by atoms with Gasteiger partial charge >= 0.3 is 5.97 Å². The van der Waals surface area contributed by atoms with Crippen LogP contribution in [-0.2, 0) is 14.3 Å². The van der Waals surface area contributed by atoms with Gasteiger partial charge in [-0.05, 0) is 30.5 Å². The van der Waals surface area contributed by atoms with Gasteiger partial charge in [-0.25, -0.2) is 0 Å². The Kier molecular flexibility index (Phi) is 5.39. The van der Waals surface area contributed by atoms with Crippen molar-refractivity contribution in [1.29, 1.82) is 0 Å². The summed E-state index contributed by atoms with van der Waals surface area (Å²) in [7, 11) is 0. The molecule has 1 N–H and O–H groups in total. The summed E-state index contributed by atoms with van der Waals surface area (Å²) in [5, 5.41) is 9.30. The van der Waals surface area contributed by atoms with Gasteiger partial charge in [0.2, 0.25) is 5.91 Å². The number of carbonyl (C=O) groups is 2. The highest BCUT2D eigenvalue weighted by Gasteiger charge is 2.39. The molecule has 0 radical (unpaired) electrons. The zero-order chi connectivity index (χ0) is 18.0. The van der Waals surface area contributed by atoms with Crippen molar-refractivity contribution in [3.05, 3.63) is 34.9 Å². The van der Waals surface area contributed by atoms with E-state index in [0.29, 0.717) is 19.8 Å². The maximum atomic E-state index is 12.5. The van der Waals surface area contributed by atoms with E-state index in [4.69, 9.17) is 4.74 Å². The number of carboxylic acids is 1. The maximum absolute atomic E-state index is 12.5. The minimum atomic E-state index is -0.888. The molecule has 0 bridgehead atoms. The Morgan fingerprint density at radius 2 is 2.00 bits per heavy atom. The highest BCUT2D eigenvalue weighted by Crippen LogP contribution is 2.31. The van der Waals surface area contributed by atoms with E-state index in [0.717, 1.165) is 18.7 Å². The lowest BCUT2D eigenvalue weighted by Crippen LogP contribution is -2.44. The van der Waals surface area contributed by atoms with Crippen molar-refractivity contribution in [2.24, 2.45) is 5.92 Å². The zero-order valence-electron chi connectivity index (χ0n) is 14.9. The number of ether oxygens (including phenoxy) is 1. The van der Waals surface area contributed by atoms with Crippen molar-refractivity contribution in [3.8, 4) is 0 Å². The quantitative estimate of drug-likeness (QED) is 0.877. The molecule has 136 valence electrons. The predicted molar refractivity (Wildman–Crippen MR) is 93.4 cm³/mol. The van der Waals surface area contributed by atoms with E-state index < -0.39 is 11.9 Å². The number of hydrogen-bond acceptors (Lipinski definition) is 4. The standard InChI is InChI=1S/C19H26N2O4/c1-13-3-4-15(9-14(13)2)17(12-20-5-7-25-8-6-20)21-11-16(19(23)24)10-18(21)22/h3-4,9,16-17H,5-8,10-12H2,1-2H3,(H,23,24). The summed E-state index contributed by atoms with van der Waals surface area (Å²) in [4.78, 5) is 27.9. The third-order valence-electron chi connectivity index (χ3n) is 5.33. The molecule has 2 atom stereocenters. The van der Waals surface area contributed by atoms with Gasteiger partial charge in [-0.15, -0.1) is 0 Å². The van der Waals surface area contributed by atoms with Gasteiger partial charge in [0.15, 0.2) is 0 Å². The SMILES string of the molecule is Cc1ccc(C(CN2CCOCC2)N2CC(C(=O)O)CC2=O)cc1C. The Bertz CT molecular complexity index is 655. The maximum Gasteiger partial charge on any atom is 0.308 e. The third-order valence-corrected chi connectivity index (χ3v) is 5.33. The number of carbonyl (C=O) groups excluding carboxylic acids is 1. The number of aryl methyl sites for hydroxylation is 2. The number of benzene rings is 1. The lowest BCUT2D eigenvalue weighted by Gasteiger charge is -2.35. The number of morpholine rings is 1. The molecule has 1 amide bonds. The summed E-state index contributed by atoms with van der Waals surface area (Å²) in [5.74, 6) is -1.56. The molecule has 2 heterocycles. The van der Waals surface area contributed by atoms with Crippen LogP contribution in [0.5, 0.6) is 0 Å². The topological polar surface area (TPSA) is 70.1 Å². The van der Waals surface area contributed by atoms with Crippen LogP contribution in [0.3, 0.4) is 0 Å². The van der Waals surface area contributed by atoms with E-state index in [1.54, 1.807) is 4.90 Å². The number of nitrogens with zero attached hydrogens (tertiary/aromatic N) is 2. The van der Waals surface area contributed by atoms with Crippen LogP contribution < -0.4 is 0 Å². The Hall–Kier alpha value is -1.92. The summed E-state index contributed by atoms with van der Waals surface area (Å²) < 4.78 is 5.42. The van der Waals surface area contributed by atoms with Crippen LogP contribution in [0.15, 0.2) is 18.2 Å². The Morgan fingerprint density at radius 3 is 2.60 bits per heavy atom. The summed E-state index contributed by atoms with van der Waals surface area (Å²) in [5.41, 5.74) is 3.48. The minimum absolute atomic E-state index is 0.0658. The normalized spacial score (nSPS) is 23.0. The molecule has 2 saturated heterocycles. The van der Waals surface area contributed by atoms with Gasteiger partial charge in [-0.1, -0.05) is 18.2 Å². The highest BCUT2D eigenvalue weighted by molar-refractivity contribution is 5.86. The molecule has 0 aliphatic carbocycles. The van der Waals surface area contributed by atoms with E-state index in [1.807, 2.05) is 0 Å². The molecule has 3 rings (SSSR count). The molecule has 1 aromatic carbocycles. The smallest absolute Gasteiger partial charge is 0.308 e. The number of amides is 1. The van der Waals surface area contributed by atoms with E-state index in [-0.39, 0.29) is 24.9 Å². The van der Waals surface area contributed by atoms with Crippen molar-refractivity contribution >= 4 is 11.9 Å². The van der Waals surface area contributed by atoms with Crippen molar-refractivity contribution in [1.82, 2.24) is 9.80 Å². The monoisotopic (exact) mass is 346 g/mol. The number of aliphatic carboxylic acids is 1. The zero-order valence-corrected chi connectivity index (χ0v) is 14.9. The third kappa shape index (κ3) is 4.02. The van der Waals surface area contributed by atoms with Crippen LogP contribution in [0.2, 0.25) is 0 Å². The molecular weight excluding hydrogens is 320 g/mol. The summed E-state index contributed by atoms with van der Waals surface area (Å²) >= 11 is 0. The highest BCUT2D eigenvalue weighted by atomic mass is 16.5. The molecule has 0 saturated carbocycles. The molecule has 0 aromatic heterocycles. The largest absolute Gasteiger partial charge is 0.481 e. The molecule has 2 aliphatic heterocycles. The number of rotatable bonds is 5. The second kappa shape index (κ2) is 7.54. The summed E-state index contributed by atoms with van der Waals surface area (Å²) in [6.07, 6.45) is 0.0970. The Labute approximate surface area is 148 Å². The van der Waals surface area contributed by atoms with Gasteiger partial charge in [-0.3, -0.25) is 14.5 Å². The molecule has 2 fully saturated rings.